The zero-order chi connectivity index (χ0) is 10.6. The molecule has 0 spiro atoms. The van der Waals surface area contributed by atoms with Crippen LogP contribution in [0.5, 0.6) is 0 Å². The molecule has 0 aliphatic carbocycles. The summed E-state index contributed by atoms with van der Waals surface area (Å²) in [5, 5.41) is 9.28. The molecule has 0 saturated carbocycles. The van der Waals surface area contributed by atoms with Gasteiger partial charge in [0, 0.05) is 5.25 Å². The van der Waals surface area contributed by atoms with Gasteiger partial charge in [-0.15, -0.1) is 11.8 Å². The predicted molar refractivity (Wildman–Crippen MR) is 57.9 cm³/mol. The summed E-state index contributed by atoms with van der Waals surface area (Å²) < 4.78 is 0. The van der Waals surface area contributed by atoms with Crippen LogP contribution in [0.15, 0.2) is 10.5 Å². The summed E-state index contributed by atoms with van der Waals surface area (Å²) in [4.78, 5) is 11.4. The van der Waals surface area contributed by atoms with E-state index in [1.165, 1.54) is 11.8 Å². The van der Waals surface area contributed by atoms with Gasteiger partial charge in [0.1, 0.15) is 0 Å². The third-order valence-electron chi connectivity index (χ3n) is 1.77. The van der Waals surface area contributed by atoms with Gasteiger partial charge in [0.2, 0.25) is 0 Å². The van der Waals surface area contributed by atoms with Crippen molar-refractivity contribution in [3.8, 4) is 0 Å². The summed E-state index contributed by atoms with van der Waals surface area (Å²) in [6, 6.07) is 0. The van der Waals surface area contributed by atoms with Gasteiger partial charge in [-0.3, -0.25) is 0 Å². The van der Waals surface area contributed by atoms with Crippen molar-refractivity contribution in [3.05, 3.63) is 10.5 Å². The minimum absolute atomic E-state index is 0.303. The molecule has 3 heteroatoms. The van der Waals surface area contributed by atoms with Gasteiger partial charge in [-0.2, -0.15) is 0 Å². The Kier molecular flexibility index (Phi) is 5.14. The number of allylic oxidation sites excluding steroid dienone is 1. The number of hydrogen-bond donors (Lipinski definition) is 1. The Hall–Kier alpha value is -0.440. The second kappa shape index (κ2) is 5.32. The van der Waals surface area contributed by atoms with E-state index in [0.29, 0.717) is 16.1 Å². The van der Waals surface area contributed by atoms with Crippen molar-refractivity contribution in [2.75, 3.05) is 0 Å². The molecule has 0 aromatic rings. The molecule has 0 rings (SSSR count). The van der Waals surface area contributed by atoms with E-state index in [-0.39, 0.29) is 0 Å². The molecule has 76 valence electrons. The molecular weight excluding hydrogens is 184 g/mol. The summed E-state index contributed by atoms with van der Waals surface area (Å²) >= 11 is 1.42. The Morgan fingerprint density at radius 1 is 1.23 bits per heavy atom. The van der Waals surface area contributed by atoms with Crippen LogP contribution in [0, 0.1) is 5.92 Å². The van der Waals surface area contributed by atoms with E-state index in [4.69, 9.17) is 5.11 Å². The fraction of sp³-hybridized carbons (Fsp3) is 0.700. The van der Waals surface area contributed by atoms with Gasteiger partial charge in [0.15, 0.2) is 0 Å². The third-order valence-corrected chi connectivity index (χ3v) is 2.98. The molecule has 0 aliphatic rings. The van der Waals surface area contributed by atoms with Gasteiger partial charge in [-0.1, -0.05) is 27.7 Å². The van der Waals surface area contributed by atoms with Crippen molar-refractivity contribution in [1.82, 2.24) is 0 Å². The zero-order valence-electron chi connectivity index (χ0n) is 8.92. The molecule has 0 amide bonds. The van der Waals surface area contributed by atoms with Gasteiger partial charge >= 0.3 is 5.97 Å². The Balaban J connectivity index is 4.78. The molecule has 2 nitrogen and oxygen atoms in total. The number of carbonyl (C=O) groups is 1. The largest absolute Gasteiger partial charge is 0.477 e. The average molecular weight is 202 g/mol. The number of thioether (sulfide) groups is 1. The highest BCUT2D eigenvalue weighted by atomic mass is 32.2. The number of hydrogen-bond acceptors (Lipinski definition) is 2. The maximum absolute atomic E-state index is 10.9. The fourth-order valence-corrected chi connectivity index (χ4v) is 1.80. The van der Waals surface area contributed by atoms with Gasteiger partial charge in [-0.05, 0) is 18.4 Å². The molecule has 13 heavy (non-hydrogen) atoms. The highest BCUT2D eigenvalue weighted by Crippen LogP contribution is 2.27. The Morgan fingerprint density at radius 3 is 1.92 bits per heavy atom. The molecule has 0 unspecified atom stereocenters. The molecule has 0 bridgehead atoms. The lowest BCUT2D eigenvalue weighted by Crippen LogP contribution is -2.06. The Bertz CT molecular complexity index is 217. The molecule has 0 aromatic heterocycles. The number of rotatable bonds is 4. The van der Waals surface area contributed by atoms with Gasteiger partial charge < -0.3 is 5.11 Å². The van der Waals surface area contributed by atoms with Crippen molar-refractivity contribution in [2.45, 2.75) is 39.9 Å². The topological polar surface area (TPSA) is 37.3 Å². The lowest BCUT2D eigenvalue weighted by Gasteiger charge is -2.12. The molecule has 0 atom stereocenters. The molecule has 0 saturated heterocycles. The second-order valence-electron chi connectivity index (χ2n) is 3.64. The summed E-state index contributed by atoms with van der Waals surface area (Å²) in [5.41, 5.74) is 0.964. The van der Waals surface area contributed by atoms with Crippen LogP contribution in [0.1, 0.15) is 34.6 Å². The smallest absolute Gasteiger partial charge is 0.342 e. The van der Waals surface area contributed by atoms with Crippen LogP contribution in [0.2, 0.25) is 0 Å². The molecule has 0 heterocycles. The first kappa shape index (κ1) is 12.6. The summed E-state index contributed by atoms with van der Waals surface area (Å²) in [5.74, 6) is -0.498. The van der Waals surface area contributed by atoms with Gasteiger partial charge in [0.25, 0.3) is 0 Å². The molecule has 0 aliphatic heterocycles. The first-order valence-corrected chi connectivity index (χ1v) is 5.35. The lowest BCUT2D eigenvalue weighted by atomic mass is 10.1. The van der Waals surface area contributed by atoms with Crippen LogP contribution in [-0.2, 0) is 4.79 Å². The zero-order valence-corrected chi connectivity index (χ0v) is 9.73. The van der Waals surface area contributed by atoms with E-state index in [0.717, 1.165) is 5.57 Å². The predicted octanol–water partition coefficient (Wildman–Crippen LogP) is 3.14. The average Bonchev–Trinajstić information content (AvgIpc) is 1.97. The Labute approximate surface area is 84.4 Å². The summed E-state index contributed by atoms with van der Waals surface area (Å²) in [6.07, 6.45) is 0. The molecule has 0 fully saturated rings. The number of carboxylic acids is 1. The molecule has 0 aromatic carbocycles. The van der Waals surface area contributed by atoms with Gasteiger partial charge in [0.05, 0.1) is 4.91 Å². The maximum Gasteiger partial charge on any atom is 0.342 e. The standard InChI is InChI=1S/C10H18O2S/c1-6(2)8(5)9(10(11)12)13-7(3)4/h6-7H,1-5H3,(H,11,12)/b9-8-. The number of aliphatic carboxylic acids is 1. The lowest BCUT2D eigenvalue weighted by molar-refractivity contribution is -0.131. The van der Waals surface area contributed by atoms with E-state index in [1.807, 2.05) is 34.6 Å². The normalized spacial score (nSPS) is 13.5. The Morgan fingerprint density at radius 2 is 1.69 bits per heavy atom. The monoisotopic (exact) mass is 202 g/mol. The SMILES string of the molecule is C/C(=C(/SC(C)C)C(=O)O)C(C)C. The fourth-order valence-electron chi connectivity index (χ4n) is 0.810. The van der Waals surface area contributed by atoms with Crippen LogP contribution in [0.4, 0.5) is 0 Å². The highest BCUT2D eigenvalue weighted by Gasteiger charge is 2.15. The second-order valence-corrected chi connectivity index (χ2v) is 5.23. The van der Waals surface area contributed by atoms with Crippen molar-refractivity contribution in [3.63, 3.8) is 0 Å². The quantitative estimate of drug-likeness (QED) is 0.712. The summed E-state index contributed by atoms with van der Waals surface area (Å²) in [7, 11) is 0. The minimum Gasteiger partial charge on any atom is -0.477 e. The molecular formula is C10H18O2S. The first-order chi connectivity index (χ1) is 5.86. The van der Waals surface area contributed by atoms with Gasteiger partial charge in [-0.25, -0.2) is 4.79 Å². The van der Waals surface area contributed by atoms with E-state index in [2.05, 4.69) is 0 Å². The first-order valence-electron chi connectivity index (χ1n) is 4.47. The van der Waals surface area contributed by atoms with Crippen LogP contribution < -0.4 is 0 Å². The van der Waals surface area contributed by atoms with Crippen molar-refractivity contribution >= 4 is 17.7 Å². The van der Waals surface area contributed by atoms with E-state index in [9.17, 15) is 4.79 Å². The molecule has 1 N–H and O–H groups in total. The van der Waals surface area contributed by atoms with Crippen molar-refractivity contribution < 1.29 is 9.90 Å². The van der Waals surface area contributed by atoms with E-state index < -0.39 is 5.97 Å². The van der Waals surface area contributed by atoms with Crippen LogP contribution in [0.25, 0.3) is 0 Å². The minimum atomic E-state index is -0.801. The van der Waals surface area contributed by atoms with Crippen LogP contribution in [-0.4, -0.2) is 16.3 Å². The third kappa shape index (κ3) is 4.36. The summed E-state index contributed by atoms with van der Waals surface area (Å²) in [6.45, 7) is 9.92. The van der Waals surface area contributed by atoms with E-state index >= 15 is 0 Å². The van der Waals surface area contributed by atoms with Crippen LogP contribution >= 0.6 is 11.8 Å². The van der Waals surface area contributed by atoms with Crippen molar-refractivity contribution in [1.29, 1.82) is 0 Å². The maximum atomic E-state index is 10.9. The highest BCUT2D eigenvalue weighted by molar-refractivity contribution is 8.04. The number of carboxylic acid groups (broad SMARTS) is 1. The van der Waals surface area contributed by atoms with Crippen LogP contribution in [0.3, 0.4) is 0 Å². The van der Waals surface area contributed by atoms with Crippen molar-refractivity contribution in [2.24, 2.45) is 5.92 Å². The molecule has 0 radical (unpaired) electrons. The van der Waals surface area contributed by atoms with E-state index in [1.54, 1.807) is 0 Å².